The van der Waals surface area contributed by atoms with Gasteiger partial charge in [0.05, 0.1) is 5.69 Å². The second-order valence-corrected chi connectivity index (χ2v) is 8.47. The number of nitrogens with one attached hydrogen (secondary N) is 2. The molecule has 0 unspecified atom stereocenters. The van der Waals surface area contributed by atoms with Gasteiger partial charge in [0.1, 0.15) is 6.04 Å². The third-order valence-corrected chi connectivity index (χ3v) is 5.83. The van der Waals surface area contributed by atoms with Crippen molar-refractivity contribution in [2.24, 2.45) is 0 Å². The third-order valence-electron chi connectivity index (χ3n) is 5.57. The van der Waals surface area contributed by atoms with Gasteiger partial charge in [-0.15, -0.1) is 0 Å². The molecular formula is C28H30ClN3O2. The highest BCUT2D eigenvalue weighted by Gasteiger charge is 2.24. The van der Waals surface area contributed by atoms with E-state index in [4.69, 9.17) is 11.6 Å². The first-order valence-electron chi connectivity index (χ1n) is 11.3. The zero-order chi connectivity index (χ0) is 24.3. The first-order chi connectivity index (χ1) is 16.5. The van der Waals surface area contributed by atoms with E-state index in [0.717, 1.165) is 24.0 Å². The minimum absolute atomic E-state index is 0.221. The van der Waals surface area contributed by atoms with Gasteiger partial charge in [-0.05, 0) is 47.7 Å². The molecule has 2 N–H and O–H groups in total. The van der Waals surface area contributed by atoms with Crippen molar-refractivity contribution in [2.75, 3.05) is 18.5 Å². The van der Waals surface area contributed by atoms with Crippen molar-refractivity contribution >= 4 is 35.3 Å². The van der Waals surface area contributed by atoms with Crippen LogP contribution in [0.1, 0.15) is 23.1 Å². The second kappa shape index (κ2) is 12.6. The monoisotopic (exact) mass is 475 g/mol. The number of aryl methyl sites for hydroxylation is 1. The molecule has 3 aromatic carbocycles. The fraction of sp³-hybridized carbons (Fsp3) is 0.214. The summed E-state index contributed by atoms with van der Waals surface area (Å²) in [4.78, 5) is 27.6. The number of urea groups is 1. The number of halogens is 1. The van der Waals surface area contributed by atoms with Crippen molar-refractivity contribution in [1.29, 1.82) is 0 Å². The lowest BCUT2D eigenvalue weighted by atomic mass is 10.0. The number of benzene rings is 3. The van der Waals surface area contributed by atoms with E-state index < -0.39 is 6.04 Å². The molecule has 0 saturated carbocycles. The van der Waals surface area contributed by atoms with E-state index in [9.17, 15) is 9.59 Å². The van der Waals surface area contributed by atoms with E-state index in [-0.39, 0.29) is 11.9 Å². The summed E-state index contributed by atoms with van der Waals surface area (Å²) < 4.78 is 0. The molecule has 0 aliphatic rings. The van der Waals surface area contributed by atoms with Crippen LogP contribution in [0.3, 0.4) is 0 Å². The van der Waals surface area contributed by atoms with Crippen LogP contribution in [0.4, 0.5) is 10.5 Å². The van der Waals surface area contributed by atoms with Crippen LogP contribution in [0, 0.1) is 0 Å². The average molecular weight is 476 g/mol. The zero-order valence-corrected chi connectivity index (χ0v) is 20.1. The maximum Gasteiger partial charge on any atom is 0.322 e. The van der Waals surface area contributed by atoms with Gasteiger partial charge in [0.15, 0.2) is 0 Å². The summed E-state index contributed by atoms with van der Waals surface area (Å²) in [5, 5.41) is 6.49. The smallest absolute Gasteiger partial charge is 0.322 e. The molecule has 0 radical (unpaired) electrons. The number of amides is 3. The topological polar surface area (TPSA) is 61.4 Å². The van der Waals surface area contributed by atoms with E-state index >= 15 is 0 Å². The van der Waals surface area contributed by atoms with Crippen LogP contribution in [0.2, 0.25) is 5.02 Å². The number of anilines is 1. The molecular weight excluding hydrogens is 446 g/mol. The highest BCUT2D eigenvalue weighted by atomic mass is 35.5. The summed E-state index contributed by atoms with van der Waals surface area (Å²) in [6, 6.07) is 23.8. The van der Waals surface area contributed by atoms with Crippen LogP contribution in [0.25, 0.3) is 6.08 Å². The van der Waals surface area contributed by atoms with Gasteiger partial charge in [-0.2, -0.15) is 0 Å². The molecule has 0 fully saturated rings. The molecule has 3 rings (SSSR count). The summed E-state index contributed by atoms with van der Waals surface area (Å²) in [7, 11) is 1.68. The molecule has 5 nitrogen and oxygen atoms in total. The molecule has 6 heteroatoms. The second-order valence-electron chi connectivity index (χ2n) is 8.03. The number of hydrogen-bond donors (Lipinski definition) is 2. The van der Waals surface area contributed by atoms with Crippen molar-refractivity contribution in [3.63, 3.8) is 0 Å². The van der Waals surface area contributed by atoms with Gasteiger partial charge in [-0.1, -0.05) is 84.9 Å². The Morgan fingerprint density at radius 1 is 0.971 bits per heavy atom. The molecule has 0 spiro atoms. The van der Waals surface area contributed by atoms with Crippen molar-refractivity contribution in [2.45, 2.75) is 25.3 Å². The minimum atomic E-state index is -0.733. The van der Waals surface area contributed by atoms with Gasteiger partial charge < -0.3 is 10.6 Å². The predicted molar refractivity (Wildman–Crippen MR) is 140 cm³/mol. The molecule has 0 bridgehead atoms. The minimum Gasteiger partial charge on any atom is -0.354 e. The van der Waals surface area contributed by atoms with Crippen LogP contribution >= 0.6 is 11.6 Å². The maximum atomic E-state index is 13.1. The summed E-state index contributed by atoms with van der Waals surface area (Å²) >= 11 is 6.00. The maximum absolute atomic E-state index is 13.1. The van der Waals surface area contributed by atoms with E-state index in [1.807, 2.05) is 54.6 Å². The molecule has 0 aliphatic carbocycles. The molecule has 0 aliphatic heterocycles. The number of hydrogen-bond acceptors (Lipinski definition) is 2. The number of carbonyl (C=O) groups excluding carboxylic acids is 2. The van der Waals surface area contributed by atoms with Crippen LogP contribution in [0.15, 0.2) is 85.4 Å². The lowest BCUT2D eigenvalue weighted by molar-refractivity contribution is -0.122. The summed E-state index contributed by atoms with van der Waals surface area (Å²) in [6.07, 6.45) is 3.73. The van der Waals surface area contributed by atoms with E-state index in [1.54, 1.807) is 25.3 Å². The number of nitrogens with zero attached hydrogens (tertiary/aromatic N) is 1. The largest absolute Gasteiger partial charge is 0.354 e. The molecule has 0 saturated heterocycles. The third kappa shape index (κ3) is 7.22. The SMILES string of the molecule is C=Cc1ccccc1N(C)C(=O)N[C@@H](Cc1ccc(Cl)cc1)C(=O)NCCCc1ccccc1. The molecule has 34 heavy (non-hydrogen) atoms. The molecule has 176 valence electrons. The number of rotatable bonds is 10. The van der Waals surface area contributed by atoms with Crippen molar-refractivity contribution in [3.8, 4) is 0 Å². The van der Waals surface area contributed by atoms with Gasteiger partial charge in [0.2, 0.25) is 5.91 Å². The Morgan fingerprint density at radius 2 is 1.65 bits per heavy atom. The van der Waals surface area contributed by atoms with Gasteiger partial charge in [0.25, 0.3) is 0 Å². The highest BCUT2D eigenvalue weighted by Crippen LogP contribution is 2.20. The quantitative estimate of drug-likeness (QED) is 0.381. The molecule has 1 atom stereocenters. The Hall–Kier alpha value is -3.57. The van der Waals surface area contributed by atoms with E-state index in [0.29, 0.717) is 23.7 Å². The van der Waals surface area contributed by atoms with Gasteiger partial charge in [-0.25, -0.2) is 4.79 Å². The van der Waals surface area contributed by atoms with Crippen molar-refractivity contribution < 1.29 is 9.59 Å². The van der Waals surface area contributed by atoms with Crippen LogP contribution < -0.4 is 15.5 Å². The molecule has 0 aromatic heterocycles. The van der Waals surface area contributed by atoms with Crippen molar-refractivity contribution in [1.82, 2.24) is 10.6 Å². The van der Waals surface area contributed by atoms with Gasteiger partial charge >= 0.3 is 6.03 Å². The zero-order valence-electron chi connectivity index (χ0n) is 19.3. The van der Waals surface area contributed by atoms with E-state index in [2.05, 4.69) is 29.3 Å². The van der Waals surface area contributed by atoms with Crippen LogP contribution in [-0.2, 0) is 17.6 Å². The van der Waals surface area contributed by atoms with Crippen LogP contribution in [-0.4, -0.2) is 31.6 Å². The lowest BCUT2D eigenvalue weighted by Crippen LogP contribution is -2.51. The molecule has 0 heterocycles. The highest BCUT2D eigenvalue weighted by molar-refractivity contribution is 6.30. The van der Waals surface area contributed by atoms with Gasteiger partial charge in [-0.3, -0.25) is 9.69 Å². The first-order valence-corrected chi connectivity index (χ1v) is 11.7. The van der Waals surface area contributed by atoms with Gasteiger partial charge in [0, 0.05) is 25.0 Å². The number of carbonyl (C=O) groups is 2. The number of para-hydroxylation sites is 1. The summed E-state index contributed by atoms with van der Waals surface area (Å²) in [6.45, 7) is 4.34. The normalized spacial score (nSPS) is 11.4. The Bertz CT molecular complexity index is 1100. The summed E-state index contributed by atoms with van der Waals surface area (Å²) in [5.74, 6) is -0.221. The Labute approximate surface area is 206 Å². The van der Waals surface area contributed by atoms with Crippen LogP contribution in [0.5, 0.6) is 0 Å². The van der Waals surface area contributed by atoms with E-state index in [1.165, 1.54) is 10.5 Å². The standard InChI is InChI=1S/C28H30ClN3O2/c1-3-23-13-7-8-14-26(23)32(2)28(34)31-25(20-22-15-17-24(29)18-16-22)27(33)30-19-9-12-21-10-5-4-6-11-21/h3-8,10-11,13-18,25H,1,9,12,19-20H2,2H3,(H,30,33)(H,31,34)/t25-/m0/s1. The lowest BCUT2D eigenvalue weighted by Gasteiger charge is -2.24. The fourth-order valence-corrected chi connectivity index (χ4v) is 3.78. The first kappa shape index (κ1) is 25.1. The summed E-state index contributed by atoms with van der Waals surface area (Å²) in [5.41, 5.74) is 3.68. The fourth-order valence-electron chi connectivity index (χ4n) is 3.66. The average Bonchev–Trinajstić information content (AvgIpc) is 2.87. The predicted octanol–water partition coefficient (Wildman–Crippen LogP) is 5.49. The Balaban J connectivity index is 1.66. The molecule has 3 amide bonds. The Morgan fingerprint density at radius 3 is 2.35 bits per heavy atom. The Kier molecular flexibility index (Phi) is 9.30. The van der Waals surface area contributed by atoms with Crippen molar-refractivity contribution in [3.05, 3.63) is 107 Å². The molecule has 3 aromatic rings.